The van der Waals surface area contributed by atoms with Crippen molar-refractivity contribution in [2.24, 2.45) is 11.8 Å². The molecule has 0 spiro atoms. The number of aliphatic carboxylic acids is 1. The summed E-state index contributed by atoms with van der Waals surface area (Å²) in [5.74, 6) is -2.82. The van der Waals surface area contributed by atoms with Crippen molar-refractivity contribution in [3.05, 3.63) is 39.4 Å². The molecule has 4 nitrogen and oxygen atoms in total. The minimum atomic E-state index is -0.993. The fourth-order valence-corrected chi connectivity index (χ4v) is 3.17. The molecule has 112 valence electrons. The van der Waals surface area contributed by atoms with E-state index in [0.29, 0.717) is 17.9 Å². The van der Waals surface area contributed by atoms with Crippen LogP contribution in [0.5, 0.6) is 0 Å². The largest absolute Gasteiger partial charge is 0.481 e. The number of anilines is 1. The lowest BCUT2D eigenvalue weighted by Crippen LogP contribution is -2.34. The first-order valence-corrected chi connectivity index (χ1v) is 7.36. The quantitative estimate of drug-likeness (QED) is 0.802. The third-order valence-electron chi connectivity index (χ3n) is 3.34. The van der Waals surface area contributed by atoms with E-state index in [0.717, 1.165) is 0 Å². The third-order valence-corrected chi connectivity index (χ3v) is 4.16. The Morgan fingerprint density at radius 2 is 1.57 bits per heavy atom. The van der Waals surface area contributed by atoms with Crippen molar-refractivity contribution in [2.45, 2.75) is 12.8 Å². The minimum Gasteiger partial charge on any atom is -0.481 e. The molecular formula is C14H12Cl3NO3. The fraction of sp³-hybridized carbons (Fsp3) is 0.286. The summed E-state index contributed by atoms with van der Waals surface area (Å²) >= 11 is 17.8. The van der Waals surface area contributed by atoms with E-state index in [1.54, 1.807) is 12.2 Å². The lowest BCUT2D eigenvalue weighted by atomic mass is 9.82. The van der Waals surface area contributed by atoms with E-state index in [-0.39, 0.29) is 15.7 Å². The zero-order valence-corrected chi connectivity index (χ0v) is 13.0. The van der Waals surface area contributed by atoms with Gasteiger partial charge in [0, 0.05) is 5.02 Å². The van der Waals surface area contributed by atoms with Gasteiger partial charge in [-0.15, -0.1) is 0 Å². The molecule has 21 heavy (non-hydrogen) atoms. The summed E-state index contributed by atoms with van der Waals surface area (Å²) in [5, 5.41) is 12.6. The number of carboxylic acids is 1. The van der Waals surface area contributed by atoms with Gasteiger partial charge in [-0.25, -0.2) is 0 Å². The summed E-state index contributed by atoms with van der Waals surface area (Å²) in [7, 11) is 0. The second kappa shape index (κ2) is 6.69. The van der Waals surface area contributed by atoms with E-state index in [1.165, 1.54) is 12.1 Å². The topological polar surface area (TPSA) is 66.4 Å². The Morgan fingerprint density at radius 1 is 1.05 bits per heavy atom. The first kappa shape index (κ1) is 16.1. The molecule has 0 heterocycles. The Bertz CT molecular complexity index is 592. The van der Waals surface area contributed by atoms with Crippen molar-refractivity contribution in [1.29, 1.82) is 0 Å². The second-order valence-corrected chi connectivity index (χ2v) is 5.98. The van der Waals surface area contributed by atoms with Gasteiger partial charge in [0.2, 0.25) is 5.91 Å². The Kier molecular flexibility index (Phi) is 5.14. The molecule has 0 saturated heterocycles. The van der Waals surface area contributed by atoms with Crippen LogP contribution in [-0.4, -0.2) is 17.0 Å². The summed E-state index contributed by atoms with van der Waals surface area (Å²) in [6.07, 6.45) is 4.26. The van der Waals surface area contributed by atoms with Crippen LogP contribution in [0.4, 0.5) is 5.69 Å². The molecule has 0 unspecified atom stereocenters. The van der Waals surface area contributed by atoms with Crippen LogP contribution < -0.4 is 5.32 Å². The van der Waals surface area contributed by atoms with Crippen LogP contribution in [0.3, 0.4) is 0 Å². The van der Waals surface area contributed by atoms with Crippen molar-refractivity contribution in [3.8, 4) is 0 Å². The van der Waals surface area contributed by atoms with Gasteiger partial charge in [-0.2, -0.15) is 0 Å². The maximum atomic E-state index is 12.3. The fourth-order valence-electron chi connectivity index (χ4n) is 2.25. The number of allylic oxidation sites excluding steroid dienone is 2. The highest BCUT2D eigenvalue weighted by atomic mass is 35.5. The van der Waals surface area contributed by atoms with Crippen molar-refractivity contribution >= 4 is 52.4 Å². The van der Waals surface area contributed by atoms with Gasteiger partial charge in [-0.05, 0) is 25.0 Å². The van der Waals surface area contributed by atoms with E-state index >= 15 is 0 Å². The van der Waals surface area contributed by atoms with Crippen LogP contribution in [0, 0.1) is 11.8 Å². The summed E-state index contributed by atoms with van der Waals surface area (Å²) in [6.45, 7) is 0. The molecule has 0 aliphatic heterocycles. The minimum absolute atomic E-state index is 0.207. The Balaban J connectivity index is 2.21. The van der Waals surface area contributed by atoms with Gasteiger partial charge in [-0.1, -0.05) is 47.0 Å². The van der Waals surface area contributed by atoms with Crippen LogP contribution in [0.25, 0.3) is 0 Å². The smallest absolute Gasteiger partial charge is 0.307 e. The summed E-state index contributed by atoms with van der Waals surface area (Å²) in [5.41, 5.74) is 0.242. The Labute approximate surface area is 136 Å². The lowest BCUT2D eigenvalue weighted by molar-refractivity contribution is -0.146. The average molecular weight is 349 g/mol. The van der Waals surface area contributed by atoms with Gasteiger partial charge in [0.25, 0.3) is 0 Å². The molecule has 0 aromatic heterocycles. The van der Waals surface area contributed by atoms with E-state index in [4.69, 9.17) is 34.8 Å². The molecule has 2 N–H and O–H groups in total. The first-order chi connectivity index (χ1) is 9.90. The molecule has 1 aliphatic rings. The van der Waals surface area contributed by atoms with Gasteiger partial charge in [-0.3, -0.25) is 9.59 Å². The summed E-state index contributed by atoms with van der Waals surface area (Å²) in [4.78, 5) is 23.5. The SMILES string of the molecule is O=C(O)[C@H]1CC=CC[C@H]1C(=O)Nc1c(Cl)cc(Cl)cc1Cl. The highest BCUT2D eigenvalue weighted by Crippen LogP contribution is 2.35. The number of hydrogen-bond donors (Lipinski definition) is 2. The average Bonchev–Trinajstić information content (AvgIpc) is 2.42. The molecular weight excluding hydrogens is 337 g/mol. The number of hydrogen-bond acceptors (Lipinski definition) is 2. The van der Waals surface area contributed by atoms with Gasteiger partial charge in [0.05, 0.1) is 27.6 Å². The molecule has 0 fully saturated rings. The van der Waals surface area contributed by atoms with Crippen molar-refractivity contribution in [3.63, 3.8) is 0 Å². The molecule has 1 aromatic carbocycles. The molecule has 0 radical (unpaired) electrons. The van der Waals surface area contributed by atoms with Crippen LogP contribution in [0.1, 0.15) is 12.8 Å². The molecule has 7 heteroatoms. The first-order valence-electron chi connectivity index (χ1n) is 6.23. The predicted octanol–water partition coefficient (Wildman–Crippen LogP) is 4.25. The van der Waals surface area contributed by atoms with Crippen molar-refractivity contribution in [2.75, 3.05) is 5.32 Å². The number of benzene rings is 1. The highest BCUT2D eigenvalue weighted by Gasteiger charge is 2.34. The number of carbonyl (C=O) groups excluding carboxylic acids is 1. The van der Waals surface area contributed by atoms with Crippen LogP contribution in [0.15, 0.2) is 24.3 Å². The maximum absolute atomic E-state index is 12.3. The Morgan fingerprint density at radius 3 is 2.10 bits per heavy atom. The molecule has 2 rings (SSSR count). The number of amides is 1. The molecule has 1 aromatic rings. The van der Waals surface area contributed by atoms with Gasteiger partial charge >= 0.3 is 5.97 Å². The molecule has 1 aliphatic carbocycles. The molecule has 0 bridgehead atoms. The summed E-state index contributed by atoms with van der Waals surface area (Å²) < 4.78 is 0. The van der Waals surface area contributed by atoms with E-state index in [9.17, 15) is 14.7 Å². The van der Waals surface area contributed by atoms with Gasteiger partial charge in [0.15, 0.2) is 0 Å². The maximum Gasteiger partial charge on any atom is 0.307 e. The third kappa shape index (κ3) is 3.70. The molecule has 0 saturated carbocycles. The monoisotopic (exact) mass is 347 g/mol. The number of halogens is 3. The molecule has 1 amide bonds. The van der Waals surface area contributed by atoms with Gasteiger partial charge in [0.1, 0.15) is 0 Å². The van der Waals surface area contributed by atoms with E-state index in [2.05, 4.69) is 5.32 Å². The van der Waals surface area contributed by atoms with Gasteiger partial charge < -0.3 is 10.4 Å². The normalized spacial score (nSPS) is 21.1. The standard InChI is InChI=1S/C14H12Cl3NO3/c15-7-5-10(16)12(11(17)6-7)18-13(19)8-3-1-2-4-9(8)14(20)21/h1-2,5-6,8-9H,3-4H2,(H,18,19)(H,20,21)/t8-,9+/m1/s1. The number of nitrogens with one attached hydrogen (secondary N) is 1. The molecule has 2 atom stereocenters. The zero-order chi connectivity index (χ0) is 15.6. The number of rotatable bonds is 3. The van der Waals surface area contributed by atoms with Crippen LogP contribution in [-0.2, 0) is 9.59 Å². The van der Waals surface area contributed by atoms with Crippen LogP contribution in [0.2, 0.25) is 15.1 Å². The lowest BCUT2D eigenvalue weighted by Gasteiger charge is -2.24. The number of carboxylic acid groups (broad SMARTS) is 1. The highest BCUT2D eigenvalue weighted by molar-refractivity contribution is 6.42. The van der Waals surface area contributed by atoms with Crippen LogP contribution >= 0.6 is 34.8 Å². The Hall–Kier alpha value is -1.23. The predicted molar refractivity (Wildman–Crippen MR) is 83.1 cm³/mol. The van der Waals surface area contributed by atoms with E-state index in [1.807, 2.05) is 0 Å². The van der Waals surface area contributed by atoms with Crippen molar-refractivity contribution < 1.29 is 14.7 Å². The van der Waals surface area contributed by atoms with Crippen molar-refractivity contribution in [1.82, 2.24) is 0 Å². The van der Waals surface area contributed by atoms with E-state index < -0.39 is 23.7 Å². The zero-order valence-electron chi connectivity index (χ0n) is 10.8. The summed E-state index contributed by atoms with van der Waals surface area (Å²) in [6, 6.07) is 2.92. The second-order valence-electron chi connectivity index (χ2n) is 4.73. The number of carbonyl (C=O) groups is 2.